The molecule has 2 aromatic rings. The average molecular weight is 315 g/mol. The van der Waals surface area contributed by atoms with Crippen LogP contribution in [0.5, 0.6) is 5.75 Å². The van der Waals surface area contributed by atoms with E-state index in [0.29, 0.717) is 22.6 Å². The standard InChI is InChI=1S/C16H17N3O4/c1-10(20)11-5-6-14(23-2)12(8-11)9-15(21)18-19-16(22)13-4-3-7-17-13/h3-8,17H,9H2,1-2H3,(H,18,21)(H,19,22). The number of hydrazine groups is 1. The van der Waals surface area contributed by atoms with Gasteiger partial charge in [-0.3, -0.25) is 25.2 Å². The van der Waals surface area contributed by atoms with Crippen molar-refractivity contribution in [2.24, 2.45) is 0 Å². The second-order valence-corrected chi connectivity index (χ2v) is 4.85. The van der Waals surface area contributed by atoms with E-state index >= 15 is 0 Å². The van der Waals surface area contributed by atoms with Gasteiger partial charge in [-0.25, -0.2) is 0 Å². The minimum Gasteiger partial charge on any atom is -0.496 e. The first kappa shape index (κ1) is 16.3. The summed E-state index contributed by atoms with van der Waals surface area (Å²) in [5, 5.41) is 0. The third-order valence-electron chi connectivity index (χ3n) is 3.20. The molecule has 0 atom stereocenters. The predicted molar refractivity (Wildman–Crippen MR) is 83.1 cm³/mol. The number of rotatable bonds is 5. The number of carbonyl (C=O) groups excluding carboxylic acids is 3. The molecule has 0 saturated heterocycles. The number of amides is 2. The Morgan fingerprint density at radius 3 is 2.57 bits per heavy atom. The molecule has 0 saturated carbocycles. The van der Waals surface area contributed by atoms with E-state index < -0.39 is 11.8 Å². The summed E-state index contributed by atoms with van der Waals surface area (Å²) in [7, 11) is 1.48. The molecule has 0 aliphatic carbocycles. The van der Waals surface area contributed by atoms with Crippen LogP contribution in [0, 0.1) is 0 Å². The Bertz CT molecular complexity index is 723. The quantitative estimate of drug-likeness (QED) is 0.570. The summed E-state index contributed by atoms with van der Waals surface area (Å²) in [4.78, 5) is 37.8. The maximum absolute atomic E-state index is 12.0. The lowest BCUT2D eigenvalue weighted by Crippen LogP contribution is -2.42. The van der Waals surface area contributed by atoms with Gasteiger partial charge in [0, 0.05) is 17.3 Å². The third-order valence-corrected chi connectivity index (χ3v) is 3.20. The lowest BCUT2D eigenvalue weighted by molar-refractivity contribution is -0.121. The summed E-state index contributed by atoms with van der Waals surface area (Å²) in [5.41, 5.74) is 6.01. The smallest absolute Gasteiger partial charge is 0.286 e. The first-order valence-corrected chi connectivity index (χ1v) is 6.91. The molecule has 1 aromatic carbocycles. The number of nitrogens with one attached hydrogen (secondary N) is 3. The zero-order valence-corrected chi connectivity index (χ0v) is 12.8. The SMILES string of the molecule is COc1ccc(C(C)=O)cc1CC(=O)NNC(=O)c1ccc[nH]1. The Balaban J connectivity index is 2.00. The van der Waals surface area contributed by atoms with Gasteiger partial charge in [0.2, 0.25) is 5.91 Å². The number of Topliss-reactive ketones (excluding diaryl/α,β-unsaturated/α-hetero) is 1. The number of carbonyl (C=O) groups is 3. The molecule has 23 heavy (non-hydrogen) atoms. The van der Waals surface area contributed by atoms with Gasteiger partial charge in [-0.05, 0) is 37.3 Å². The summed E-state index contributed by atoms with van der Waals surface area (Å²) >= 11 is 0. The van der Waals surface area contributed by atoms with Gasteiger partial charge >= 0.3 is 0 Å². The van der Waals surface area contributed by atoms with Gasteiger partial charge in [0.15, 0.2) is 5.78 Å². The van der Waals surface area contributed by atoms with Gasteiger partial charge in [-0.2, -0.15) is 0 Å². The van der Waals surface area contributed by atoms with E-state index in [1.165, 1.54) is 14.0 Å². The lowest BCUT2D eigenvalue weighted by Gasteiger charge is -2.11. The Hall–Kier alpha value is -3.09. The number of methoxy groups -OCH3 is 1. The highest BCUT2D eigenvalue weighted by atomic mass is 16.5. The van der Waals surface area contributed by atoms with Crippen LogP contribution in [0.3, 0.4) is 0 Å². The summed E-state index contributed by atoms with van der Waals surface area (Å²) in [6.07, 6.45) is 1.57. The molecule has 0 radical (unpaired) electrons. The number of aromatic nitrogens is 1. The van der Waals surface area contributed by atoms with Gasteiger partial charge in [-0.15, -0.1) is 0 Å². The van der Waals surface area contributed by atoms with Crippen molar-refractivity contribution < 1.29 is 19.1 Å². The summed E-state index contributed by atoms with van der Waals surface area (Å²) in [5.74, 6) is -0.480. The Kier molecular flexibility index (Phi) is 5.14. The maximum Gasteiger partial charge on any atom is 0.286 e. The zero-order chi connectivity index (χ0) is 16.8. The second-order valence-electron chi connectivity index (χ2n) is 4.85. The number of hydrogen-bond acceptors (Lipinski definition) is 4. The molecule has 0 fully saturated rings. The third kappa shape index (κ3) is 4.19. The van der Waals surface area contributed by atoms with Crippen molar-refractivity contribution in [1.82, 2.24) is 15.8 Å². The number of ether oxygens (including phenoxy) is 1. The number of ketones is 1. The Morgan fingerprint density at radius 1 is 1.17 bits per heavy atom. The van der Waals surface area contributed by atoms with Crippen LogP contribution in [0.15, 0.2) is 36.5 Å². The van der Waals surface area contributed by atoms with E-state index in [-0.39, 0.29) is 12.2 Å². The molecule has 0 spiro atoms. The molecular weight excluding hydrogens is 298 g/mol. The van der Waals surface area contributed by atoms with Gasteiger partial charge in [-0.1, -0.05) is 0 Å². The van der Waals surface area contributed by atoms with Gasteiger partial charge in [0.25, 0.3) is 5.91 Å². The molecule has 1 heterocycles. The van der Waals surface area contributed by atoms with Crippen LogP contribution < -0.4 is 15.6 Å². The van der Waals surface area contributed by atoms with E-state index in [9.17, 15) is 14.4 Å². The molecule has 0 unspecified atom stereocenters. The first-order chi connectivity index (χ1) is 11.0. The largest absolute Gasteiger partial charge is 0.496 e. The Morgan fingerprint density at radius 2 is 1.96 bits per heavy atom. The van der Waals surface area contributed by atoms with Gasteiger partial charge < -0.3 is 9.72 Å². The summed E-state index contributed by atoms with van der Waals surface area (Å²) < 4.78 is 5.18. The highest BCUT2D eigenvalue weighted by Crippen LogP contribution is 2.20. The fraction of sp³-hybridized carbons (Fsp3) is 0.188. The van der Waals surface area contributed by atoms with Crippen molar-refractivity contribution in [1.29, 1.82) is 0 Å². The Labute approximate surface area is 133 Å². The van der Waals surface area contributed by atoms with Crippen LogP contribution in [0.25, 0.3) is 0 Å². The topological polar surface area (TPSA) is 100 Å². The van der Waals surface area contributed by atoms with Crippen LogP contribution in [-0.4, -0.2) is 29.7 Å². The molecule has 0 aliphatic rings. The average Bonchev–Trinajstić information content (AvgIpc) is 3.07. The van der Waals surface area contributed by atoms with E-state index in [1.54, 1.807) is 36.5 Å². The maximum atomic E-state index is 12.0. The molecule has 7 heteroatoms. The first-order valence-electron chi connectivity index (χ1n) is 6.91. The van der Waals surface area contributed by atoms with Crippen molar-refractivity contribution >= 4 is 17.6 Å². The molecule has 1 aromatic heterocycles. The molecule has 0 bridgehead atoms. The number of benzene rings is 1. The van der Waals surface area contributed by atoms with E-state index in [1.807, 2.05) is 0 Å². The van der Waals surface area contributed by atoms with Crippen molar-refractivity contribution in [2.45, 2.75) is 13.3 Å². The molecule has 2 rings (SSSR count). The van der Waals surface area contributed by atoms with Crippen LogP contribution >= 0.6 is 0 Å². The van der Waals surface area contributed by atoms with Crippen molar-refractivity contribution in [3.63, 3.8) is 0 Å². The number of hydrogen-bond donors (Lipinski definition) is 3. The van der Waals surface area contributed by atoms with Crippen molar-refractivity contribution in [3.05, 3.63) is 53.3 Å². The highest BCUT2D eigenvalue weighted by Gasteiger charge is 2.13. The fourth-order valence-electron chi connectivity index (χ4n) is 2.02. The molecule has 120 valence electrons. The predicted octanol–water partition coefficient (Wildman–Crippen LogP) is 1.23. The lowest BCUT2D eigenvalue weighted by atomic mass is 10.0. The van der Waals surface area contributed by atoms with E-state index in [0.717, 1.165) is 0 Å². The van der Waals surface area contributed by atoms with E-state index in [4.69, 9.17) is 4.74 Å². The fourth-order valence-corrected chi connectivity index (χ4v) is 2.02. The molecular formula is C16H17N3O4. The zero-order valence-electron chi connectivity index (χ0n) is 12.8. The molecule has 0 aliphatic heterocycles. The number of aromatic amines is 1. The van der Waals surface area contributed by atoms with Crippen molar-refractivity contribution in [2.75, 3.05) is 7.11 Å². The van der Waals surface area contributed by atoms with Crippen LogP contribution in [0.4, 0.5) is 0 Å². The molecule has 7 nitrogen and oxygen atoms in total. The minimum absolute atomic E-state index is 0.0324. The second kappa shape index (κ2) is 7.26. The number of H-pyrrole nitrogens is 1. The molecule has 2 amide bonds. The molecule has 3 N–H and O–H groups in total. The van der Waals surface area contributed by atoms with Crippen LogP contribution in [0.1, 0.15) is 33.3 Å². The van der Waals surface area contributed by atoms with Crippen LogP contribution in [0.2, 0.25) is 0 Å². The van der Waals surface area contributed by atoms with Gasteiger partial charge in [0.1, 0.15) is 11.4 Å². The monoisotopic (exact) mass is 315 g/mol. The van der Waals surface area contributed by atoms with Crippen molar-refractivity contribution in [3.8, 4) is 5.75 Å². The normalized spacial score (nSPS) is 10.0. The highest BCUT2D eigenvalue weighted by molar-refractivity contribution is 5.95. The minimum atomic E-state index is -0.451. The summed E-state index contributed by atoms with van der Waals surface area (Å²) in [6, 6.07) is 8.13. The van der Waals surface area contributed by atoms with Crippen LogP contribution in [-0.2, 0) is 11.2 Å². The van der Waals surface area contributed by atoms with E-state index in [2.05, 4.69) is 15.8 Å². The van der Waals surface area contributed by atoms with Gasteiger partial charge in [0.05, 0.1) is 13.5 Å². The summed E-state index contributed by atoms with van der Waals surface area (Å²) in [6.45, 7) is 1.45.